The standard InChI is InChI=1S/C16H11FN4O2S/c17-13-3-1-2-11(8-13)9-18-20-16-19-15(10-24-16)12-4-6-14(7-5-12)21(22)23/h1-10H,(H,19,20)/b18-9+. The van der Waals surface area contributed by atoms with Crippen LogP contribution in [-0.2, 0) is 0 Å². The van der Waals surface area contributed by atoms with E-state index >= 15 is 0 Å². The highest BCUT2D eigenvalue weighted by Crippen LogP contribution is 2.26. The van der Waals surface area contributed by atoms with E-state index in [1.165, 1.54) is 41.8 Å². The first-order valence-electron chi connectivity index (χ1n) is 6.87. The third-order valence-electron chi connectivity index (χ3n) is 3.10. The number of benzene rings is 2. The van der Waals surface area contributed by atoms with Gasteiger partial charge in [-0.2, -0.15) is 5.10 Å². The van der Waals surface area contributed by atoms with Gasteiger partial charge in [0.05, 0.1) is 16.8 Å². The smallest absolute Gasteiger partial charge is 0.258 e. The van der Waals surface area contributed by atoms with E-state index in [1.807, 2.05) is 5.38 Å². The van der Waals surface area contributed by atoms with Crippen LogP contribution < -0.4 is 5.43 Å². The Balaban J connectivity index is 1.68. The van der Waals surface area contributed by atoms with E-state index in [9.17, 15) is 14.5 Å². The molecule has 0 bridgehead atoms. The average molecular weight is 342 g/mol. The number of nitrogens with zero attached hydrogens (tertiary/aromatic N) is 3. The number of halogens is 1. The van der Waals surface area contributed by atoms with Crippen molar-refractivity contribution in [1.82, 2.24) is 4.98 Å². The molecule has 3 aromatic rings. The molecular formula is C16H11FN4O2S. The number of nitro benzene ring substituents is 1. The van der Waals surface area contributed by atoms with Crippen LogP contribution in [0.4, 0.5) is 15.2 Å². The summed E-state index contributed by atoms with van der Waals surface area (Å²) >= 11 is 1.35. The summed E-state index contributed by atoms with van der Waals surface area (Å²) in [6, 6.07) is 12.2. The Morgan fingerprint density at radius 1 is 1.25 bits per heavy atom. The lowest BCUT2D eigenvalue weighted by Crippen LogP contribution is -1.91. The monoisotopic (exact) mass is 342 g/mol. The summed E-state index contributed by atoms with van der Waals surface area (Å²) in [5, 5.41) is 17.1. The van der Waals surface area contributed by atoms with E-state index in [1.54, 1.807) is 24.3 Å². The summed E-state index contributed by atoms with van der Waals surface area (Å²) in [6.07, 6.45) is 1.50. The highest BCUT2D eigenvalue weighted by Gasteiger charge is 2.07. The Hall–Kier alpha value is -3.13. The van der Waals surface area contributed by atoms with Gasteiger partial charge < -0.3 is 0 Å². The van der Waals surface area contributed by atoms with E-state index in [4.69, 9.17) is 0 Å². The molecule has 0 fully saturated rings. The maximum absolute atomic E-state index is 13.1. The van der Waals surface area contributed by atoms with Crippen molar-refractivity contribution in [1.29, 1.82) is 0 Å². The zero-order valence-electron chi connectivity index (χ0n) is 12.2. The van der Waals surface area contributed by atoms with Gasteiger partial charge in [0.25, 0.3) is 5.69 Å². The maximum atomic E-state index is 13.1. The fourth-order valence-electron chi connectivity index (χ4n) is 1.96. The Labute approximate surface area is 140 Å². The van der Waals surface area contributed by atoms with Gasteiger partial charge in [-0.15, -0.1) is 11.3 Å². The molecule has 1 aromatic heterocycles. The normalized spacial score (nSPS) is 10.9. The minimum absolute atomic E-state index is 0.0343. The molecule has 0 amide bonds. The number of non-ortho nitro benzene ring substituents is 1. The summed E-state index contributed by atoms with van der Waals surface area (Å²) in [5.41, 5.74) is 4.92. The Bertz CT molecular complexity index is 893. The van der Waals surface area contributed by atoms with E-state index in [0.717, 1.165) is 5.56 Å². The molecule has 0 spiro atoms. The lowest BCUT2D eigenvalue weighted by Gasteiger charge is -1.97. The Kier molecular flexibility index (Phi) is 4.57. The van der Waals surface area contributed by atoms with Crippen molar-refractivity contribution in [2.75, 3.05) is 5.43 Å². The summed E-state index contributed by atoms with van der Waals surface area (Å²) in [6.45, 7) is 0. The third kappa shape index (κ3) is 3.79. The molecule has 2 aromatic carbocycles. The Morgan fingerprint density at radius 2 is 2.04 bits per heavy atom. The number of aromatic nitrogens is 1. The minimum atomic E-state index is -0.445. The van der Waals surface area contributed by atoms with Crippen LogP contribution in [0, 0.1) is 15.9 Å². The SMILES string of the molecule is O=[N+]([O-])c1ccc(-c2csc(N/N=C/c3cccc(F)c3)n2)cc1. The molecule has 0 aliphatic rings. The zero-order valence-corrected chi connectivity index (χ0v) is 13.0. The molecule has 0 radical (unpaired) electrons. The highest BCUT2D eigenvalue weighted by molar-refractivity contribution is 7.14. The quantitative estimate of drug-likeness (QED) is 0.426. The topological polar surface area (TPSA) is 80.4 Å². The second-order valence-corrected chi connectivity index (χ2v) is 5.62. The molecule has 0 aliphatic heterocycles. The van der Waals surface area contributed by atoms with Crippen LogP contribution in [0.1, 0.15) is 5.56 Å². The second kappa shape index (κ2) is 6.97. The minimum Gasteiger partial charge on any atom is -0.258 e. The summed E-state index contributed by atoms with van der Waals surface area (Å²) < 4.78 is 13.1. The van der Waals surface area contributed by atoms with Crippen LogP contribution in [0.5, 0.6) is 0 Å². The molecular weight excluding hydrogens is 331 g/mol. The highest BCUT2D eigenvalue weighted by atomic mass is 32.1. The van der Waals surface area contributed by atoms with Crippen LogP contribution >= 0.6 is 11.3 Å². The van der Waals surface area contributed by atoms with Gasteiger partial charge in [-0.05, 0) is 29.8 Å². The summed E-state index contributed by atoms with van der Waals surface area (Å²) in [5.74, 6) is -0.325. The van der Waals surface area contributed by atoms with Gasteiger partial charge in [0.2, 0.25) is 5.13 Å². The molecule has 6 nitrogen and oxygen atoms in total. The van der Waals surface area contributed by atoms with E-state index < -0.39 is 4.92 Å². The van der Waals surface area contributed by atoms with Crippen molar-refractivity contribution in [2.45, 2.75) is 0 Å². The van der Waals surface area contributed by atoms with Gasteiger partial charge >= 0.3 is 0 Å². The van der Waals surface area contributed by atoms with Crippen LogP contribution in [0.15, 0.2) is 59.0 Å². The number of nitro groups is 1. The molecule has 1 N–H and O–H groups in total. The van der Waals surface area contributed by atoms with E-state index in [-0.39, 0.29) is 11.5 Å². The fraction of sp³-hybridized carbons (Fsp3) is 0. The average Bonchev–Trinajstić information content (AvgIpc) is 3.04. The molecule has 24 heavy (non-hydrogen) atoms. The molecule has 3 rings (SSSR count). The van der Waals surface area contributed by atoms with Crippen LogP contribution in [-0.4, -0.2) is 16.1 Å². The first-order chi connectivity index (χ1) is 11.6. The van der Waals surface area contributed by atoms with Crippen LogP contribution in [0.3, 0.4) is 0 Å². The Morgan fingerprint density at radius 3 is 2.75 bits per heavy atom. The first-order valence-corrected chi connectivity index (χ1v) is 7.75. The lowest BCUT2D eigenvalue weighted by molar-refractivity contribution is -0.384. The predicted octanol–water partition coefficient (Wildman–Crippen LogP) is 4.30. The van der Waals surface area contributed by atoms with Crippen molar-refractivity contribution >= 4 is 28.4 Å². The second-order valence-electron chi connectivity index (χ2n) is 4.77. The number of anilines is 1. The first kappa shape index (κ1) is 15.8. The number of hydrogen-bond acceptors (Lipinski definition) is 6. The molecule has 0 unspecified atom stereocenters. The predicted molar refractivity (Wildman–Crippen MR) is 91.8 cm³/mol. The van der Waals surface area contributed by atoms with Gasteiger partial charge in [-0.25, -0.2) is 9.37 Å². The third-order valence-corrected chi connectivity index (χ3v) is 3.85. The van der Waals surface area contributed by atoms with E-state index in [2.05, 4.69) is 15.5 Å². The van der Waals surface area contributed by atoms with Gasteiger partial charge in [-0.3, -0.25) is 15.5 Å². The molecule has 0 aliphatic carbocycles. The van der Waals surface area contributed by atoms with E-state index in [0.29, 0.717) is 16.4 Å². The largest absolute Gasteiger partial charge is 0.269 e. The molecule has 1 heterocycles. The maximum Gasteiger partial charge on any atom is 0.269 e. The molecule has 8 heteroatoms. The molecule has 120 valence electrons. The van der Waals surface area contributed by atoms with Crippen molar-refractivity contribution < 1.29 is 9.31 Å². The van der Waals surface area contributed by atoms with Gasteiger partial charge in [0.15, 0.2) is 0 Å². The number of rotatable bonds is 5. The number of hydrazone groups is 1. The molecule has 0 atom stereocenters. The van der Waals surface area contributed by atoms with Crippen molar-refractivity contribution in [3.8, 4) is 11.3 Å². The zero-order chi connectivity index (χ0) is 16.9. The van der Waals surface area contributed by atoms with Gasteiger partial charge in [0, 0.05) is 23.1 Å². The van der Waals surface area contributed by atoms with Crippen molar-refractivity contribution in [3.63, 3.8) is 0 Å². The summed E-state index contributed by atoms with van der Waals surface area (Å²) in [4.78, 5) is 14.6. The van der Waals surface area contributed by atoms with Crippen molar-refractivity contribution in [3.05, 3.63) is 75.4 Å². The summed E-state index contributed by atoms with van der Waals surface area (Å²) in [7, 11) is 0. The van der Waals surface area contributed by atoms with Crippen LogP contribution in [0.2, 0.25) is 0 Å². The molecule has 0 saturated carbocycles. The van der Waals surface area contributed by atoms with Crippen LogP contribution in [0.25, 0.3) is 11.3 Å². The number of thiazole rings is 1. The van der Waals surface area contributed by atoms with Gasteiger partial charge in [0.1, 0.15) is 5.82 Å². The number of nitrogens with one attached hydrogen (secondary N) is 1. The van der Waals surface area contributed by atoms with Crippen molar-refractivity contribution in [2.24, 2.45) is 5.10 Å². The van der Waals surface area contributed by atoms with Gasteiger partial charge in [-0.1, -0.05) is 12.1 Å². The number of hydrogen-bond donors (Lipinski definition) is 1. The molecule has 0 saturated heterocycles. The fourth-order valence-corrected chi connectivity index (χ4v) is 2.63. The lowest BCUT2D eigenvalue weighted by atomic mass is 10.1.